The fourth-order valence-electron chi connectivity index (χ4n) is 1.39. The number of hydrogen-bond donors (Lipinski definition) is 1. The normalized spacial score (nSPS) is 10.2. The molecule has 2 rings (SSSR count). The van der Waals surface area contributed by atoms with Crippen molar-refractivity contribution in [3.8, 4) is 16.2 Å². The van der Waals surface area contributed by atoms with E-state index >= 15 is 0 Å². The first-order chi connectivity index (χ1) is 6.29. The fourth-order valence-corrected chi connectivity index (χ4v) is 2.24. The van der Waals surface area contributed by atoms with Crippen molar-refractivity contribution >= 4 is 11.3 Å². The SMILES string of the molecule is Cc1cccc(O)c1-c1cccs1. The molecule has 0 spiro atoms. The molecule has 0 saturated carbocycles. The second-order valence-electron chi connectivity index (χ2n) is 2.95. The van der Waals surface area contributed by atoms with Crippen molar-refractivity contribution in [1.29, 1.82) is 0 Å². The highest BCUT2D eigenvalue weighted by molar-refractivity contribution is 7.13. The van der Waals surface area contributed by atoms with E-state index in [4.69, 9.17) is 0 Å². The van der Waals surface area contributed by atoms with Crippen molar-refractivity contribution in [3.05, 3.63) is 41.3 Å². The first-order valence-electron chi connectivity index (χ1n) is 4.11. The van der Waals surface area contributed by atoms with E-state index in [1.807, 2.05) is 36.6 Å². The molecule has 0 amide bonds. The second-order valence-corrected chi connectivity index (χ2v) is 3.89. The van der Waals surface area contributed by atoms with Crippen LogP contribution in [0.4, 0.5) is 0 Å². The number of aryl methyl sites for hydroxylation is 1. The summed E-state index contributed by atoms with van der Waals surface area (Å²) in [5.41, 5.74) is 2.07. The van der Waals surface area contributed by atoms with Gasteiger partial charge in [-0.15, -0.1) is 11.3 Å². The zero-order valence-electron chi connectivity index (χ0n) is 7.32. The molecule has 66 valence electrons. The van der Waals surface area contributed by atoms with Crippen LogP contribution in [0.5, 0.6) is 5.75 Å². The van der Waals surface area contributed by atoms with Crippen LogP contribution in [0.2, 0.25) is 0 Å². The molecular formula is C11H10OS. The van der Waals surface area contributed by atoms with Gasteiger partial charge in [0.15, 0.2) is 0 Å². The van der Waals surface area contributed by atoms with Gasteiger partial charge in [0.25, 0.3) is 0 Å². The molecule has 1 heterocycles. The topological polar surface area (TPSA) is 20.2 Å². The molecule has 0 aliphatic heterocycles. The molecule has 1 aromatic carbocycles. The lowest BCUT2D eigenvalue weighted by Gasteiger charge is -2.04. The summed E-state index contributed by atoms with van der Waals surface area (Å²) in [6.45, 7) is 2.01. The van der Waals surface area contributed by atoms with Gasteiger partial charge in [-0.1, -0.05) is 18.2 Å². The predicted octanol–water partition coefficient (Wildman–Crippen LogP) is 3.43. The molecule has 0 fully saturated rings. The van der Waals surface area contributed by atoms with Crippen molar-refractivity contribution < 1.29 is 5.11 Å². The number of phenols is 1. The molecule has 0 aliphatic rings. The van der Waals surface area contributed by atoms with E-state index in [-0.39, 0.29) is 0 Å². The molecule has 2 heteroatoms. The molecule has 1 nitrogen and oxygen atoms in total. The number of thiophene rings is 1. The Hall–Kier alpha value is -1.28. The van der Waals surface area contributed by atoms with E-state index in [0.717, 1.165) is 16.0 Å². The van der Waals surface area contributed by atoms with Gasteiger partial charge in [-0.25, -0.2) is 0 Å². The summed E-state index contributed by atoms with van der Waals surface area (Å²) in [6.07, 6.45) is 0. The van der Waals surface area contributed by atoms with E-state index in [2.05, 4.69) is 0 Å². The van der Waals surface area contributed by atoms with Crippen LogP contribution in [-0.2, 0) is 0 Å². The second kappa shape index (κ2) is 3.23. The summed E-state index contributed by atoms with van der Waals surface area (Å²) in [4.78, 5) is 1.12. The summed E-state index contributed by atoms with van der Waals surface area (Å²) in [5, 5.41) is 11.7. The third-order valence-corrected chi connectivity index (χ3v) is 2.91. The van der Waals surface area contributed by atoms with Gasteiger partial charge in [0.2, 0.25) is 0 Å². The Morgan fingerprint density at radius 1 is 1.15 bits per heavy atom. The maximum absolute atomic E-state index is 9.67. The molecule has 0 saturated heterocycles. The highest BCUT2D eigenvalue weighted by Crippen LogP contribution is 2.34. The summed E-state index contributed by atoms with van der Waals surface area (Å²) in [6, 6.07) is 9.61. The average molecular weight is 190 g/mol. The van der Waals surface area contributed by atoms with Gasteiger partial charge in [-0.05, 0) is 30.0 Å². The quantitative estimate of drug-likeness (QED) is 0.730. The fraction of sp³-hybridized carbons (Fsp3) is 0.0909. The Morgan fingerprint density at radius 3 is 2.62 bits per heavy atom. The lowest BCUT2D eigenvalue weighted by atomic mass is 10.1. The molecule has 2 aromatic rings. The number of hydrogen-bond acceptors (Lipinski definition) is 2. The predicted molar refractivity (Wildman–Crippen MR) is 56.2 cm³/mol. The Bertz CT molecular complexity index is 384. The van der Waals surface area contributed by atoms with Crippen LogP contribution in [0, 0.1) is 6.92 Å². The average Bonchev–Trinajstić information content (AvgIpc) is 2.57. The van der Waals surface area contributed by atoms with Crippen LogP contribution in [0.15, 0.2) is 35.7 Å². The molecule has 1 aromatic heterocycles. The van der Waals surface area contributed by atoms with Gasteiger partial charge >= 0.3 is 0 Å². The zero-order valence-corrected chi connectivity index (χ0v) is 8.14. The van der Waals surface area contributed by atoms with Crippen molar-refractivity contribution in [2.75, 3.05) is 0 Å². The minimum absolute atomic E-state index is 0.363. The lowest BCUT2D eigenvalue weighted by Crippen LogP contribution is -1.79. The van der Waals surface area contributed by atoms with Gasteiger partial charge < -0.3 is 5.11 Å². The Kier molecular flexibility index (Phi) is 2.07. The summed E-state index contributed by atoms with van der Waals surface area (Å²) < 4.78 is 0. The summed E-state index contributed by atoms with van der Waals surface area (Å²) in [7, 11) is 0. The summed E-state index contributed by atoms with van der Waals surface area (Å²) in [5.74, 6) is 0.363. The van der Waals surface area contributed by atoms with Crippen LogP contribution < -0.4 is 0 Å². The van der Waals surface area contributed by atoms with Crippen LogP contribution in [0.25, 0.3) is 10.4 Å². The Morgan fingerprint density at radius 2 is 2.00 bits per heavy atom. The first-order valence-corrected chi connectivity index (χ1v) is 4.99. The van der Waals surface area contributed by atoms with Gasteiger partial charge in [-0.3, -0.25) is 0 Å². The number of benzene rings is 1. The molecule has 0 atom stereocenters. The molecule has 0 radical (unpaired) electrons. The molecule has 0 aliphatic carbocycles. The van der Waals surface area contributed by atoms with Gasteiger partial charge in [0, 0.05) is 10.4 Å². The van der Waals surface area contributed by atoms with Crippen LogP contribution in [-0.4, -0.2) is 5.11 Å². The van der Waals surface area contributed by atoms with E-state index < -0.39 is 0 Å². The molecule has 0 bridgehead atoms. The molecule has 13 heavy (non-hydrogen) atoms. The largest absolute Gasteiger partial charge is 0.507 e. The van der Waals surface area contributed by atoms with Crippen molar-refractivity contribution in [1.82, 2.24) is 0 Å². The first kappa shape index (κ1) is 8.32. The van der Waals surface area contributed by atoms with Crippen LogP contribution >= 0.6 is 11.3 Å². The smallest absolute Gasteiger partial charge is 0.124 e. The zero-order chi connectivity index (χ0) is 9.26. The highest BCUT2D eigenvalue weighted by atomic mass is 32.1. The molecule has 0 unspecified atom stereocenters. The number of aromatic hydroxyl groups is 1. The van der Waals surface area contributed by atoms with Crippen molar-refractivity contribution in [3.63, 3.8) is 0 Å². The van der Waals surface area contributed by atoms with Gasteiger partial charge in [0.1, 0.15) is 5.75 Å². The van der Waals surface area contributed by atoms with E-state index in [0.29, 0.717) is 5.75 Å². The standard InChI is InChI=1S/C11H10OS/c1-8-4-2-5-9(12)11(8)10-6-3-7-13-10/h2-7,12H,1H3. The maximum atomic E-state index is 9.67. The Labute approximate surface area is 81.3 Å². The minimum Gasteiger partial charge on any atom is -0.507 e. The third-order valence-electron chi connectivity index (χ3n) is 2.02. The van der Waals surface area contributed by atoms with E-state index in [9.17, 15) is 5.11 Å². The van der Waals surface area contributed by atoms with Crippen molar-refractivity contribution in [2.45, 2.75) is 6.92 Å². The lowest BCUT2D eigenvalue weighted by molar-refractivity contribution is 0.477. The third kappa shape index (κ3) is 1.45. The van der Waals surface area contributed by atoms with Crippen LogP contribution in [0.3, 0.4) is 0 Å². The number of phenolic OH excluding ortho intramolecular Hbond substituents is 1. The van der Waals surface area contributed by atoms with Gasteiger partial charge in [0.05, 0.1) is 0 Å². The minimum atomic E-state index is 0.363. The Balaban J connectivity index is 2.64. The summed E-state index contributed by atoms with van der Waals surface area (Å²) >= 11 is 1.64. The maximum Gasteiger partial charge on any atom is 0.124 e. The highest BCUT2D eigenvalue weighted by Gasteiger charge is 2.06. The molecule has 1 N–H and O–H groups in total. The molecular weight excluding hydrogens is 180 g/mol. The van der Waals surface area contributed by atoms with E-state index in [1.54, 1.807) is 17.4 Å². The van der Waals surface area contributed by atoms with Crippen LogP contribution in [0.1, 0.15) is 5.56 Å². The number of rotatable bonds is 1. The van der Waals surface area contributed by atoms with Gasteiger partial charge in [-0.2, -0.15) is 0 Å². The monoisotopic (exact) mass is 190 g/mol. The van der Waals surface area contributed by atoms with E-state index in [1.165, 1.54) is 0 Å². The van der Waals surface area contributed by atoms with Crippen molar-refractivity contribution in [2.24, 2.45) is 0 Å².